The van der Waals surface area contributed by atoms with E-state index in [1.807, 2.05) is 41.3 Å². The second-order valence-corrected chi connectivity index (χ2v) is 6.31. The Kier molecular flexibility index (Phi) is 4.48. The van der Waals surface area contributed by atoms with Crippen molar-refractivity contribution in [3.63, 3.8) is 0 Å². The zero-order chi connectivity index (χ0) is 14.8. The largest absolute Gasteiger partial charge is 0.377 e. The third kappa shape index (κ3) is 3.07. The molecule has 0 aromatic heterocycles. The van der Waals surface area contributed by atoms with Gasteiger partial charge in [0.25, 0.3) is 5.91 Å². The third-order valence-corrected chi connectivity index (χ3v) is 4.57. The standard InChI is InChI=1S/C16H15BrClNO2/c17-14-4-3-11-7-13(2-1-12(11)8-14)16(20)19-5-6-21-10-15(19)9-18/h1-4,7-8,15H,5-6,9-10H2. The molecule has 1 unspecified atom stereocenters. The van der Waals surface area contributed by atoms with Gasteiger partial charge in [-0.15, -0.1) is 11.6 Å². The summed E-state index contributed by atoms with van der Waals surface area (Å²) in [5.74, 6) is 0.417. The number of carbonyl (C=O) groups is 1. The minimum absolute atomic E-state index is 0.0220. The molecule has 1 heterocycles. The van der Waals surface area contributed by atoms with Crippen LogP contribution in [0.2, 0.25) is 0 Å². The first kappa shape index (κ1) is 14.8. The number of benzene rings is 2. The van der Waals surface area contributed by atoms with Gasteiger partial charge in [0.1, 0.15) is 0 Å². The molecule has 0 bridgehead atoms. The molecule has 0 aliphatic carbocycles. The second kappa shape index (κ2) is 6.34. The van der Waals surface area contributed by atoms with Crippen molar-refractivity contribution in [2.75, 3.05) is 25.6 Å². The molecular weight excluding hydrogens is 354 g/mol. The van der Waals surface area contributed by atoms with E-state index in [0.717, 1.165) is 15.2 Å². The van der Waals surface area contributed by atoms with Gasteiger partial charge in [0.05, 0.1) is 19.3 Å². The first-order valence-corrected chi connectivity index (χ1v) is 8.16. The minimum atomic E-state index is -0.0477. The van der Waals surface area contributed by atoms with Crippen LogP contribution in [0.3, 0.4) is 0 Å². The molecule has 2 aromatic rings. The van der Waals surface area contributed by atoms with Crippen LogP contribution in [0.5, 0.6) is 0 Å². The van der Waals surface area contributed by atoms with Gasteiger partial charge < -0.3 is 9.64 Å². The topological polar surface area (TPSA) is 29.5 Å². The average molecular weight is 369 g/mol. The van der Waals surface area contributed by atoms with E-state index in [-0.39, 0.29) is 11.9 Å². The summed E-state index contributed by atoms with van der Waals surface area (Å²) in [5.41, 5.74) is 0.696. The molecule has 1 aliphatic heterocycles. The van der Waals surface area contributed by atoms with Gasteiger partial charge in [-0.2, -0.15) is 0 Å². The van der Waals surface area contributed by atoms with Crippen LogP contribution in [0.25, 0.3) is 10.8 Å². The van der Waals surface area contributed by atoms with Gasteiger partial charge in [0, 0.05) is 22.5 Å². The molecule has 0 saturated carbocycles. The number of fused-ring (bicyclic) bond motifs is 1. The molecule has 1 saturated heterocycles. The Bertz CT molecular complexity index is 676. The first-order valence-electron chi connectivity index (χ1n) is 6.83. The van der Waals surface area contributed by atoms with E-state index in [1.165, 1.54) is 0 Å². The maximum absolute atomic E-state index is 12.7. The predicted molar refractivity (Wildman–Crippen MR) is 88.0 cm³/mol. The lowest BCUT2D eigenvalue weighted by molar-refractivity contribution is 0.00457. The fourth-order valence-electron chi connectivity index (χ4n) is 2.57. The maximum atomic E-state index is 12.7. The van der Waals surface area contributed by atoms with Crippen molar-refractivity contribution in [3.05, 3.63) is 46.4 Å². The van der Waals surface area contributed by atoms with Crippen molar-refractivity contribution in [1.29, 1.82) is 0 Å². The molecule has 0 radical (unpaired) electrons. The number of amides is 1. The number of rotatable bonds is 2. The number of nitrogens with zero attached hydrogens (tertiary/aromatic N) is 1. The van der Waals surface area contributed by atoms with Gasteiger partial charge in [-0.1, -0.05) is 28.1 Å². The van der Waals surface area contributed by atoms with Crippen LogP contribution in [0.1, 0.15) is 10.4 Å². The quantitative estimate of drug-likeness (QED) is 0.757. The first-order chi connectivity index (χ1) is 10.2. The number of ether oxygens (including phenoxy) is 1. The molecule has 5 heteroatoms. The van der Waals surface area contributed by atoms with Gasteiger partial charge in [-0.05, 0) is 35.0 Å². The van der Waals surface area contributed by atoms with Gasteiger partial charge in [0.2, 0.25) is 0 Å². The smallest absolute Gasteiger partial charge is 0.254 e. The Morgan fingerprint density at radius 3 is 2.86 bits per heavy atom. The highest BCUT2D eigenvalue weighted by molar-refractivity contribution is 9.10. The highest BCUT2D eigenvalue weighted by Gasteiger charge is 2.27. The van der Waals surface area contributed by atoms with E-state index in [9.17, 15) is 4.79 Å². The zero-order valence-corrected chi connectivity index (χ0v) is 13.7. The number of halogens is 2. The summed E-state index contributed by atoms with van der Waals surface area (Å²) in [6.07, 6.45) is 0. The van der Waals surface area contributed by atoms with Crippen LogP contribution in [0.15, 0.2) is 40.9 Å². The molecule has 1 fully saturated rings. The number of alkyl halides is 1. The van der Waals surface area contributed by atoms with Crippen molar-refractivity contribution in [1.82, 2.24) is 4.90 Å². The van der Waals surface area contributed by atoms with E-state index < -0.39 is 0 Å². The minimum Gasteiger partial charge on any atom is -0.377 e. The monoisotopic (exact) mass is 367 g/mol. The van der Waals surface area contributed by atoms with Gasteiger partial charge in [-0.3, -0.25) is 4.79 Å². The lowest BCUT2D eigenvalue weighted by atomic mass is 10.1. The maximum Gasteiger partial charge on any atom is 0.254 e. The molecule has 1 atom stereocenters. The summed E-state index contributed by atoms with van der Waals surface area (Å²) >= 11 is 9.40. The molecule has 1 aliphatic rings. The molecule has 3 rings (SSSR count). The zero-order valence-electron chi connectivity index (χ0n) is 11.4. The Hall–Kier alpha value is -1.10. The second-order valence-electron chi connectivity index (χ2n) is 5.09. The third-order valence-electron chi connectivity index (χ3n) is 3.72. The SMILES string of the molecule is O=C(c1ccc2cc(Br)ccc2c1)N1CCOCC1CCl. The highest BCUT2D eigenvalue weighted by atomic mass is 79.9. The molecular formula is C16H15BrClNO2. The molecule has 3 nitrogen and oxygen atoms in total. The van der Waals surface area contributed by atoms with E-state index in [4.69, 9.17) is 16.3 Å². The summed E-state index contributed by atoms with van der Waals surface area (Å²) in [4.78, 5) is 14.5. The Balaban J connectivity index is 1.91. The van der Waals surface area contributed by atoms with Crippen molar-refractivity contribution in [2.45, 2.75) is 6.04 Å². The lowest BCUT2D eigenvalue weighted by Gasteiger charge is -2.34. The Labute approximate surface area is 137 Å². The van der Waals surface area contributed by atoms with Crippen LogP contribution >= 0.6 is 27.5 Å². The summed E-state index contributed by atoms with van der Waals surface area (Å²) in [6, 6.07) is 11.8. The number of hydrogen-bond acceptors (Lipinski definition) is 2. The van der Waals surface area contributed by atoms with E-state index in [2.05, 4.69) is 15.9 Å². The summed E-state index contributed by atoms with van der Waals surface area (Å²) in [7, 11) is 0. The van der Waals surface area contributed by atoms with Crippen molar-refractivity contribution >= 4 is 44.2 Å². The van der Waals surface area contributed by atoms with Crippen LogP contribution in [-0.4, -0.2) is 42.5 Å². The van der Waals surface area contributed by atoms with Crippen LogP contribution < -0.4 is 0 Å². The van der Waals surface area contributed by atoms with Gasteiger partial charge in [-0.25, -0.2) is 0 Å². The summed E-state index contributed by atoms with van der Waals surface area (Å²) in [5, 5.41) is 2.16. The van der Waals surface area contributed by atoms with Crippen molar-refractivity contribution in [2.24, 2.45) is 0 Å². The van der Waals surface area contributed by atoms with E-state index in [1.54, 1.807) is 0 Å². The molecule has 2 aromatic carbocycles. The van der Waals surface area contributed by atoms with Gasteiger partial charge >= 0.3 is 0 Å². The Morgan fingerprint density at radius 2 is 2.05 bits per heavy atom. The number of hydrogen-bond donors (Lipinski definition) is 0. The highest BCUT2D eigenvalue weighted by Crippen LogP contribution is 2.22. The Morgan fingerprint density at radius 1 is 1.29 bits per heavy atom. The van der Waals surface area contributed by atoms with Crippen LogP contribution in [0, 0.1) is 0 Å². The van der Waals surface area contributed by atoms with Crippen LogP contribution in [-0.2, 0) is 4.74 Å². The van der Waals surface area contributed by atoms with E-state index in [0.29, 0.717) is 31.2 Å². The number of morpholine rings is 1. The normalized spacial score (nSPS) is 19.0. The van der Waals surface area contributed by atoms with Crippen molar-refractivity contribution < 1.29 is 9.53 Å². The van der Waals surface area contributed by atoms with Crippen LogP contribution in [0.4, 0.5) is 0 Å². The molecule has 110 valence electrons. The van der Waals surface area contributed by atoms with Gasteiger partial charge in [0.15, 0.2) is 0 Å². The molecule has 0 N–H and O–H groups in total. The number of carbonyl (C=O) groups excluding carboxylic acids is 1. The molecule has 21 heavy (non-hydrogen) atoms. The predicted octanol–water partition coefficient (Wildman–Crippen LogP) is 3.68. The van der Waals surface area contributed by atoms with Crippen molar-refractivity contribution in [3.8, 4) is 0 Å². The lowest BCUT2D eigenvalue weighted by Crippen LogP contribution is -2.49. The molecule has 0 spiro atoms. The molecule has 1 amide bonds. The van der Waals surface area contributed by atoms with E-state index >= 15 is 0 Å². The average Bonchev–Trinajstić information content (AvgIpc) is 2.53. The fraction of sp³-hybridized carbons (Fsp3) is 0.312. The fourth-order valence-corrected chi connectivity index (χ4v) is 3.20. The summed E-state index contributed by atoms with van der Waals surface area (Å²) in [6.45, 7) is 1.67. The summed E-state index contributed by atoms with van der Waals surface area (Å²) < 4.78 is 6.42.